The number of carbonyl (C=O) groups excluding carboxylic acids is 1. The molecule has 0 bridgehead atoms. The van der Waals surface area contributed by atoms with E-state index < -0.39 is 10.0 Å². The number of nitrogens with one attached hydrogen (secondary N) is 1. The maximum absolute atomic E-state index is 12.5. The molecule has 0 aliphatic heterocycles. The lowest BCUT2D eigenvalue weighted by Crippen LogP contribution is -2.29. The van der Waals surface area contributed by atoms with Gasteiger partial charge in [-0.1, -0.05) is 0 Å². The first-order valence-corrected chi connectivity index (χ1v) is 10.9. The largest absolute Gasteiger partial charge is 0.322 e. The van der Waals surface area contributed by atoms with Gasteiger partial charge in [-0.15, -0.1) is 11.3 Å². The number of benzene rings is 2. The van der Waals surface area contributed by atoms with Crippen LogP contribution in [0.2, 0.25) is 0 Å². The van der Waals surface area contributed by atoms with Crippen LogP contribution in [0.1, 0.15) is 28.2 Å². The van der Waals surface area contributed by atoms with Gasteiger partial charge in [-0.05, 0) is 62.2 Å². The van der Waals surface area contributed by atoms with Crippen molar-refractivity contribution in [2.45, 2.75) is 30.7 Å². The summed E-state index contributed by atoms with van der Waals surface area (Å²) < 4.78 is 27.5. The van der Waals surface area contributed by atoms with Crippen molar-refractivity contribution >= 4 is 43.2 Å². The molecule has 0 atom stereocenters. The molecule has 0 unspecified atom stereocenters. The Morgan fingerprint density at radius 3 is 2.56 bits per heavy atom. The fourth-order valence-electron chi connectivity index (χ4n) is 2.90. The molecular weight excluding hydrogens is 382 g/mol. The molecule has 0 saturated heterocycles. The van der Waals surface area contributed by atoms with Crippen LogP contribution < -0.4 is 5.32 Å². The monoisotopic (exact) mass is 401 g/mol. The molecule has 1 aliphatic rings. The Labute approximate surface area is 161 Å². The zero-order valence-corrected chi connectivity index (χ0v) is 16.6. The molecule has 1 aromatic heterocycles. The van der Waals surface area contributed by atoms with Gasteiger partial charge in [-0.25, -0.2) is 13.4 Å². The summed E-state index contributed by atoms with van der Waals surface area (Å²) in [7, 11) is -1.90. The second-order valence-corrected chi connectivity index (χ2v) is 9.88. The molecule has 0 spiro atoms. The van der Waals surface area contributed by atoms with Crippen LogP contribution >= 0.6 is 11.3 Å². The number of nitrogens with zero attached hydrogens (tertiary/aromatic N) is 2. The summed E-state index contributed by atoms with van der Waals surface area (Å²) in [6.07, 6.45) is 1.80. The molecule has 27 heavy (non-hydrogen) atoms. The Balaban J connectivity index is 1.51. The number of anilines is 1. The van der Waals surface area contributed by atoms with Gasteiger partial charge in [0.1, 0.15) is 0 Å². The van der Waals surface area contributed by atoms with Crippen LogP contribution in [0, 0.1) is 6.92 Å². The van der Waals surface area contributed by atoms with E-state index in [9.17, 15) is 13.2 Å². The van der Waals surface area contributed by atoms with Crippen LogP contribution in [0.15, 0.2) is 47.4 Å². The van der Waals surface area contributed by atoms with Gasteiger partial charge in [0, 0.05) is 24.3 Å². The molecule has 140 valence electrons. The predicted octanol–water partition coefficient (Wildman–Crippen LogP) is 3.64. The van der Waals surface area contributed by atoms with E-state index in [0.29, 0.717) is 11.3 Å². The number of aromatic nitrogens is 1. The Morgan fingerprint density at radius 2 is 1.89 bits per heavy atom. The average Bonchev–Trinajstić information content (AvgIpc) is 3.42. The number of hydrogen-bond acceptors (Lipinski definition) is 5. The second kappa shape index (κ2) is 6.70. The van der Waals surface area contributed by atoms with Crippen molar-refractivity contribution in [1.29, 1.82) is 0 Å². The van der Waals surface area contributed by atoms with E-state index in [-0.39, 0.29) is 16.8 Å². The summed E-state index contributed by atoms with van der Waals surface area (Å²) in [5.74, 6) is -0.291. The number of aryl methyl sites for hydroxylation is 1. The van der Waals surface area contributed by atoms with Crippen molar-refractivity contribution in [3.63, 3.8) is 0 Å². The fourth-order valence-corrected chi connectivity index (χ4v) is 5.13. The molecule has 8 heteroatoms. The number of carbonyl (C=O) groups is 1. The molecule has 1 saturated carbocycles. The minimum Gasteiger partial charge on any atom is -0.322 e. The lowest BCUT2D eigenvalue weighted by atomic mass is 10.2. The maximum atomic E-state index is 12.5. The van der Waals surface area contributed by atoms with Crippen LogP contribution in [0.3, 0.4) is 0 Å². The van der Waals surface area contributed by atoms with Crippen molar-refractivity contribution in [3.05, 3.63) is 53.0 Å². The van der Waals surface area contributed by atoms with Crippen molar-refractivity contribution in [2.75, 3.05) is 12.4 Å². The summed E-state index contributed by atoms with van der Waals surface area (Å²) in [5, 5.41) is 3.81. The highest BCUT2D eigenvalue weighted by molar-refractivity contribution is 7.89. The van der Waals surface area contributed by atoms with E-state index in [0.717, 1.165) is 28.1 Å². The molecule has 1 heterocycles. The fraction of sp³-hybridized carbons (Fsp3) is 0.263. The van der Waals surface area contributed by atoms with Crippen molar-refractivity contribution in [1.82, 2.24) is 9.29 Å². The molecule has 4 rings (SSSR count). The summed E-state index contributed by atoms with van der Waals surface area (Å²) in [6, 6.07) is 11.7. The van der Waals surface area contributed by atoms with Gasteiger partial charge < -0.3 is 5.32 Å². The zero-order chi connectivity index (χ0) is 19.2. The standard InChI is InChI=1S/C19H19N3O3S2/c1-12-20-17-11-14(5-10-18(17)26-12)21-19(23)13-3-8-16(9-4-13)27(24,25)22(2)15-6-7-15/h3-5,8-11,15H,6-7H2,1-2H3,(H,21,23). The minimum absolute atomic E-state index is 0.0993. The van der Waals surface area contributed by atoms with Gasteiger partial charge in [0.15, 0.2) is 0 Å². The van der Waals surface area contributed by atoms with Crippen LogP contribution in [0.25, 0.3) is 10.2 Å². The molecule has 1 N–H and O–H groups in total. The molecule has 6 nitrogen and oxygen atoms in total. The van der Waals surface area contributed by atoms with Crippen LogP contribution in [-0.2, 0) is 10.0 Å². The van der Waals surface area contributed by atoms with Gasteiger partial charge in [-0.3, -0.25) is 4.79 Å². The molecule has 1 amide bonds. The number of rotatable bonds is 5. The first-order chi connectivity index (χ1) is 12.8. The highest BCUT2D eigenvalue weighted by Crippen LogP contribution is 2.30. The lowest BCUT2D eigenvalue weighted by Gasteiger charge is -2.16. The van der Waals surface area contributed by atoms with Crippen LogP contribution in [0.4, 0.5) is 5.69 Å². The van der Waals surface area contributed by atoms with Gasteiger partial charge in [-0.2, -0.15) is 4.31 Å². The number of thiazole rings is 1. The van der Waals surface area contributed by atoms with E-state index in [1.807, 2.05) is 25.1 Å². The quantitative estimate of drug-likeness (QED) is 0.708. The maximum Gasteiger partial charge on any atom is 0.255 e. The Hall–Kier alpha value is -2.29. The van der Waals surface area contributed by atoms with Gasteiger partial charge in [0.25, 0.3) is 5.91 Å². The normalized spacial score (nSPS) is 14.6. The smallest absolute Gasteiger partial charge is 0.255 e. The summed E-state index contributed by atoms with van der Waals surface area (Å²) in [4.78, 5) is 17.1. The summed E-state index contributed by atoms with van der Waals surface area (Å²) in [6.45, 7) is 1.94. The van der Waals surface area contributed by atoms with E-state index in [1.54, 1.807) is 18.4 Å². The van der Waals surface area contributed by atoms with Gasteiger partial charge in [0.2, 0.25) is 10.0 Å². The third-order valence-corrected chi connectivity index (χ3v) is 7.48. The molecule has 0 radical (unpaired) electrons. The molecule has 1 aliphatic carbocycles. The van der Waals surface area contributed by atoms with Crippen molar-refractivity contribution in [2.24, 2.45) is 0 Å². The Kier molecular flexibility index (Phi) is 4.49. The first kappa shape index (κ1) is 18.1. The summed E-state index contributed by atoms with van der Waals surface area (Å²) in [5.41, 5.74) is 1.90. The number of amides is 1. The van der Waals surface area contributed by atoms with E-state index in [1.165, 1.54) is 28.6 Å². The third kappa shape index (κ3) is 3.60. The van der Waals surface area contributed by atoms with Crippen molar-refractivity contribution < 1.29 is 13.2 Å². The molecule has 1 fully saturated rings. The highest BCUT2D eigenvalue weighted by Gasteiger charge is 2.34. The van der Waals surface area contributed by atoms with E-state index >= 15 is 0 Å². The Morgan fingerprint density at radius 1 is 1.19 bits per heavy atom. The topological polar surface area (TPSA) is 79.4 Å². The third-order valence-electron chi connectivity index (χ3n) is 4.61. The van der Waals surface area contributed by atoms with E-state index in [4.69, 9.17) is 0 Å². The second-order valence-electron chi connectivity index (χ2n) is 6.65. The van der Waals surface area contributed by atoms with Crippen molar-refractivity contribution in [3.8, 4) is 0 Å². The minimum atomic E-state index is -3.50. The van der Waals surface area contributed by atoms with E-state index in [2.05, 4.69) is 10.3 Å². The summed E-state index contributed by atoms with van der Waals surface area (Å²) >= 11 is 1.60. The Bertz CT molecular complexity index is 1120. The van der Waals surface area contributed by atoms with Gasteiger partial charge in [0.05, 0.1) is 20.1 Å². The average molecular weight is 402 g/mol. The lowest BCUT2D eigenvalue weighted by molar-refractivity contribution is 0.102. The number of fused-ring (bicyclic) bond motifs is 1. The first-order valence-electron chi connectivity index (χ1n) is 8.61. The number of hydrogen-bond donors (Lipinski definition) is 1. The predicted molar refractivity (Wildman–Crippen MR) is 107 cm³/mol. The molecular formula is C19H19N3O3S2. The zero-order valence-electron chi connectivity index (χ0n) is 15.0. The number of sulfonamides is 1. The SMILES string of the molecule is Cc1nc2cc(NC(=O)c3ccc(S(=O)(=O)N(C)C4CC4)cc3)ccc2s1. The highest BCUT2D eigenvalue weighted by atomic mass is 32.2. The van der Waals surface area contributed by atoms with Crippen LogP contribution in [0.5, 0.6) is 0 Å². The van der Waals surface area contributed by atoms with Crippen LogP contribution in [-0.4, -0.2) is 36.7 Å². The molecule has 2 aromatic carbocycles. The molecule has 3 aromatic rings. The van der Waals surface area contributed by atoms with Gasteiger partial charge >= 0.3 is 0 Å².